The fourth-order valence-electron chi connectivity index (χ4n) is 1.48. The molecular formula is C11H13N3. The lowest BCUT2D eigenvalue weighted by atomic mass is 10.1. The molecule has 0 aliphatic heterocycles. The Morgan fingerprint density at radius 2 is 1.86 bits per heavy atom. The van der Waals surface area contributed by atoms with Gasteiger partial charge < -0.3 is 5.73 Å². The first-order valence-corrected chi connectivity index (χ1v) is 4.53. The summed E-state index contributed by atoms with van der Waals surface area (Å²) < 4.78 is 1.79. The Morgan fingerprint density at radius 1 is 1.21 bits per heavy atom. The van der Waals surface area contributed by atoms with Gasteiger partial charge in [-0.05, 0) is 12.5 Å². The third kappa shape index (κ3) is 1.48. The highest BCUT2D eigenvalue weighted by Crippen LogP contribution is 2.20. The highest BCUT2D eigenvalue weighted by Gasteiger charge is 2.04. The third-order valence-electron chi connectivity index (χ3n) is 2.25. The van der Waals surface area contributed by atoms with Crippen molar-refractivity contribution < 1.29 is 0 Å². The smallest absolute Gasteiger partial charge is 0.146 e. The van der Waals surface area contributed by atoms with Crippen molar-refractivity contribution in [1.82, 2.24) is 9.78 Å². The van der Waals surface area contributed by atoms with E-state index < -0.39 is 0 Å². The summed E-state index contributed by atoms with van der Waals surface area (Å²) in [6.07, 6.45) is 0. The van der Waals surface area contributed by atoms with Crippen LogP contribution in [0.4, 0.5) is 5.82 Å². The first-order chi connectivity index (χ1) is 6.66. The zero-order chi connectivity index (χ0) is 10.1. The average molecular weight is 187 g/mol. The van der Waals surface area contributed by atoms with Crippen LogP contribution < -0.4 is 5.73 Å². The molecule has 3 nitrogen and oxygen atoms in total. The Kier molecular flexibility index (Phi) is 2.00. The van der Waals surface area contributed by atoms with Crippen molar-refractivity contribution in [2.75, 3.05) is 5.73 Å². The number of aromatic nitrogens is 2. The second-order valence-corrected chi connectivity index (χ2v) is 3.44. The Balaban J connectivity index is 2.49. The molecule has 0 saturated carbocycles. The molecule has 0 aliphatic carbocycles. The first kappa shape index (κ1) is 8.81. The topological polar surface area (TPSA) is 43.8 Å². The zero-order valence-electron chi connectivity index (χ0n) is 8.36. The molecule has 0 bridgehead atoms. The van der Waals surface area contributed by atoms with Gasteiger partial charge in [0.2, 0.25) is 0 Å². The lowest BCUT2D eigenvalue weighted by molar-refractivity contribution is 0.780. The maximum absolute atomic E-state index is 5.61. The number of hydrogen-bond acceptors (Lipinski definition) is 2. The Labute approximate surface area is 83.2 Å². The van der Waals surface area contributed by atoms with Crippen LogP contribution in [0.25, 0.3) is 11.3 Å². The van der Waals surface area contributed by atoms with Gasteiger partial charge in [0.25, 0.3) is 0 Å². The van der Waals surface area contributed by atoms with E-state index in [1.54, 1.807) is 4.68 Å². The summed E-state index contributed by atoms with van der Waals surface area (Å²) >= 11 is 0. The van der Waals surface area contributed by atoms with Crippen molar-refractivity contribution >= 4 is 5.82 Å². The standard InChI is InChI=1S/C11H13N3/c1-8-3-5-9(6-4-8)10-7-11(12)13-14(10)2/h3-7H,1-2H3,(H2,12,13). The average Bonchev–Trinajstić information content (AvgIpc) is 2.47. The van der Waals surface area contributed by atoms with E-state index in [0.717, 1.165) is 11.3 Å². The molecule has 2 aromatic rings. The van der Waals surface area contributed by atoms with E-state index in [9.17, 15) is 0 Å². The fourth-order valence-corrected chi connectivity index (χ4v) is 1.48. The maximum Gasteiger partial charge on any atom is 0.146 e. The van der Waals surface area contributed by atoms with E-state index in [-0.39, 0.29) is 0 Å². The van der Waals surface area contributed by atoms with E-state index in [1.807, 2.05) is 13.1 Å². The minimum absolute atomic E-state index is 0.558. The molecule has 0 amide bonds. The second kappa shape index (κ2) is 3.18. The van der Waals surface area contributed by atoms with E-state index in [4.69, 9.17) is 5.73 Å². The molecule has 0 saturated heterocycles. The van der Waals surface area contributed by atoms with Gasteiger partial charge in [-0.15, -0.1) is 0 Å². The number of hydrogen-bond donors (Lipinski definition) is 1. The monoisotopic (exact) mass is 187 g/mol. The van der Waals surface area contributed by atoms with Crippen LogP contribution in [0.1, 0.15) is 5.56 Å². The molecule has 0 radical (unpaired) electrons. The second-order valence-electron chi connectivity index (χ2n) is 3.44. The minimum Gasteiger partial charge on any atom is -0.382 e. The zero-order valence-corrected chi connectivity index (χ0v) is 8.36. The predicted molar refractivity (Wildman–Crippen MR) is 57.8 cm³/mol. The number of aryl methyl sites for hydroxylation is 2. The largest absolute Gasteiger partial charge is 0.382 e. The summed E-state index contributed by atoms with van der Waals surface area (Å²) in [6.45, 7) is 2.07. The van der Waals surface area contributed by atoms with Gasteiger partial charge >= 0.3 is 0 Å². The Bertz CT molecular complexity index is 440. The molecular weight excluding hydrogens is 174 g/mol. The van der Waals surface area contributed by atoms with Crippen molar-refractivity contribution in [3.63, 3.8) is 0 Å². The number of nitrogen functional groups attached to an aromatic ring is 1. The van der Waals surface area contributed by atoms with Crippen LogP contribution in [0.5, 0.6) is 0 Å². The number of nitrogens with two attached hydrogens (primary N) is 1. The van der Waals surface area contributed by atoms with Crippen LogP contribution >= 0.6 is 0 Å². The maximum atomic E-state index is 5.61. The van der Waals surface area contributed by atoms with Crippen LogP contribution in [-0.2, 0) is 7.05 Å². The van der Waals surface area contributed by atoms with Gasteiger partial charge in [0.15, 0.2) is 0 Å². The lowest BCUT2D eigenvalue weighted by Gasteiger charge is -2.01. The molecule has 14 heavy (non-hydrogen) atoms. The van der Waals surface area contributed by atoms with Gasteiger partial charge in [0.1, 0.15) is 5.82 Å². The molecule has 0 spiro atoms. The van der Waals surface area contributed by atoms with Crippen LogP contribution in [0.15, 0.2) is 30.3 Å². The van der Waals surface area contributed by atoms with E-state index in [0.29, 0.717) is 5.82 Å². The van der Waals surface area contributed by atoms with Crippen molar-refractivity contribution in [2.45, 2.75) is 6.92 Å². The van der Waals surface area contributed by atoms with Crippen LogP contribution in [0.2, 0.25) is 0 Å². The molecule has 72 valence electrons. The number of anilines is 1. The molecule has 1 aromatic heterocycles. The molecule has 0 aliphatic rings. The summed E-state index contributed by atoms with van der Waals surface area (Å²) in [5, 5.41) is 4.10. The Hall–Kier alpha value is -1.77. The molecule has 2 N–H and O–H groups in total. The predicted octanol–water partition coefficient (Wildman–Crippen LogP) is 1.98. The van der Waals surface area contributed by atoms with Gasteiger partial charge in [-0.2, -0.15) is 5.10 Å². The van der Waals surface area contributed by atoms with Crippen LogP contribution in [0.3, 0.4) is 0 Å². The molecule has 2 rings (SSSR count). The van der Waals surface area contributed by atoms with Gasteiger partial charge in [-0.1, -0.05) is 29.8 Å². The summed E-state index contributed by atoms with van der Waals surface area (Å²) in [7, 11) is 1.89. The van der Waals surface area contributed by atoms with Gasteiger partial charge in [-0.3, -0.25) is 4.68 Å². The fraction of sp³-hybridized carbons (Fsp3) is 0.182. The summed E-state index contributed by atoms with van der Waals surface area (Å²) in [5.74, 6) is 0.558. The molecule has 1 aromatic carbocycles. The number of rotatable bonds is 1. The van der Waals surface area contributed by atoms with Gasteiger partial charge in [0.05, 0.1) is 5.69 Å². The first-order valence-electron chi connectivity index (χ1n) is 4.53. The lowest BCUT2D eigenvalue weighted by Crippen LogP contribution is -1.94. The van der Waals surface area contributed by atoms with E-state index in [1.165, 1.54) is 5.56 Å². The Morgan fingerprint density at radius 3 is 2.36 bits per heavy atom. The molecule has 0 unspecified atom stereocenters. The van der Waals surface area contributed by atoms with E-state index in [2.05, 4.69) is 36.3 Å². The van der Waals surface area contributed by atoms with Crippen molar-refractivity contribution in [3.05, 3.63) is 35.9 Å². The highest BCUT2D eigenvalue weighted by molar-refractivity contribution is 5.62. The minimum atomic E-state index is 0.558. The quantitative estimate of drug-likeness (QED) is 0.741. The molecule has 0 fully saturated rings. The highest BCUT2D eigenvalue weighted by atomic mass is 15.3. The summed E-state index contributed by atoms with van der Waals surface area (Å²) in [4.78, 5) is 0. The van der Waals surface area contributed by atoms with Crippen molar-refractivity contribution in [1.29, 1.82) is 0 Å². The van der Waals surface area contributed by atoms with E-state index >= 15 is 0 Å². The van der Waals surface area contributed by atoms with Gasteiger partial charge in [0, 0.05) is 13.1 Å². The van der Waals surface area contributed by atoms with Gasteiger partial charge in [-0.25, -0.2) is 0 Å². The third-order valence-corrected chi connectivity index (χ3v) is 2.25. The molecule has 1 heterocycles. The molecule has 3 heteroatoms. The van der Waals surface area contributed by atoms with Crippen molar-refractivity contribution in [3.8, 4) is 11.3 Å². The van der Waals surface area contributed by atoms with Crippen molar-refractivity contribution in [2.24, 2.45) is 7.05 Å². The summed E-state index contributed by atoms with van der Waals surface area (Å²) in [5.41, 5.74) is 9.05. The van der Waals surface area contributed by atoms with Crippen LogP contribution in [0, 0.1) is 6.92 Å². The molecule has 0 atom stereocenters. The SMILES string of the molecule is Cc1ccc(-c2cc(N)nn2C)cc1. The van der Waals surface area contributed by atoms with Crippen LogP contribution in [-0.4, -0.2) is 9.78 Å². The number of benzene rings is 1. The summed E-state index contributed by atoms with van der Waals surface area (Å²) in [6, 6.07) is 10.2. The number of nitrogens with zero attached hydrogens (tertiary/aromatic N) is 2. The normalized spacial score (nSPS) is 10.4.